The third kappa shape index (κ3) is 5.41. The number of carbonyl (C=O) groups excluding carboxylic acids is 1. The van der Waals surface area contributed by atoms with Crippen molar-refractivity contribution in [3.05, 3.63) is 28.0 Å². The van der Waals surface area contributed by atoms with Crippen LogP contribution in [0.5, 0.6) is 0 Å². The molecule has 1 saturated heterocycles. The number of aromatic nitrogens is 1. The molecule has 6 heteroatoms. The number of hydrogen-bond donors (Lipinski definition) is 1. The summed E-state index contributed by atoms with van der Waals surface area (Å²) in [6.45, 7) is 8.60. The maximum absolute atomic E-state index is 12.0. The van der Waals surface area contributed by atoms with Gasteiger partial charge in [-0.2, -0.15) is 0 Å². The molecule has 1 aliphatic rings. The van der Waals surface area contributed by atoms with Crippen LogP contribution in [0.2, 0.25) is 10.3 Å². The van der Waals surface area contributed by atoms with E-state index in [1.165, 1.54) is 18.6 Å². The summed E-state index contributed by atoms with van der Waals surface area (Å²) in [5.41, 5.74) is 0.449. The highest BCUT2D eigenvalue weighted by Crippen LogP contribution is 2.20. The van der Waals surface area contributed by atoms with Crippen LogP contribution in [-0.2, 0) is 0 Å². The number of halogens is 2. The van der Waals surface area contributed by atoms with E-state index in [2.05, 4.69) is 29.0 Å². The van der Waals surface area contributed by atoms with Gasteiger partial charge in [-0.3, -0.25) is 4.79 Å². The first kappa shape index (κ1) is 17.5. The van der Waals surface area contributed by atoms with Crippen LogP contribution in [0.3, 0.4) is 0 Å². The molecular weight excluding hydrogens is 321 g/mol. The molecule has 0 aliphatic carbocycles. The van der Waals surface area contributed by atoms with Crippen molar-refractivity contribution < 1.29 is 4.79 Å². The normalized spacial score (nSPS) is 22.5. The molecule has 22 heavy (non-hydrogen) atoms. The molecular formula is C16H23Cl2N3O. The quantitative estimate of drug-likeness (QED) is 0.657. The molecule has 2 unspecified atom stereocenters. The van der Waals surface area contributed by atoms with Crippen LogP contribution in [0.25, 0.3) is 0 Å². The van der Waals surface area contributed by atoms with Gasteiger partial charge >= 0.3 is 0 Å². The number of nitrogens with one attached hydrogen (secondary N) is 1. The molecule has 0 radical (unpaired) electrons. The maximum atomic E-state index is 12.0. The summed E-state index contributed by atoms with van der Waals surface area (Å²) in [7, 11) is 0. The first-order chi connectivity index (χ1) is 10.4. The van der Waals surface area contributed by atoms with Crippen LogP contribution in [-0.4, -0.2) is 42.0 Å². The second-order valence-electron chi connectivity index (χ2n) is 6.32. The molecule has 1 aliphatic heterocycles. The van der Waals surface area contributed by atoms with E-state index in [0.717, 1.165) is 37.9 Å². The summed E-state index contributed by atoms with van der Waals surface area (Å²) in [5.74, 6) is 1.37. The van der Waals surface area contributed by atoms with E-state index in [-0.39, 0.29) is 16.2 Å². The van der Waals surface area contributed by atoms with E-state index in [1.807, 2.05) is 0 Å². The Labute approximate surface area is 142 Å². The number of pyridine rings is 1. The van der Waals surface area contributed by atoms with Crippen LogP contribution in [0.1, 0.15) is 37.0 Å². The van der Waals surface area contributed by atoms with Gasteiger partial charge in [0.2, 0.25) is 0 Å². The fraction of sp³-hybridized carbons (Fsp3) is 0.625. The zero-order valence-electron chi connectivity index (χ0n) is 13.1. The fourth-order valence-corrected chi connectivity index (χ4v) is 3.64. The average molecular weight is 344 g/mol. The van der Waals surface area contributed by atoms with Crippen LogP contribution in [0.4, 0.5) is 0 Å². The summed E-state index contributed by atoms with van der Waals surface area (Å²) >= 11 is 11.6. The lowest BCUT2D eigenvalue weighted by molar-refractivity contribution is 0.0947. The van der Waals surface area contributed by atoms with Crippen molar-refractivity contribution in [1.82, 2.24) is 15.2 Å². The van der Waals surface area contributed by atoms with Gasteiger partial charge in [0.05, 0.1) is 0 Å². The van der Waals surface area contributed by atoms with Crippen molar-refractivity contribution in [2.45, 2.75) is 26.7 Å². The van der Waals surface area contributed by atoms with Crippen LogP contribution < -0.4 is 5.32 Å². The minimum atomic E-state index is -0.161. The standard InChI is InChI=1S/C16H23Cl2N3O/c1-11-6-12(2)10-21(9-11)5-3-4-19-16(22)13-7-14(17)20-15(18)8-13/h7-8,11-12H,3-6,9-10H2,1-2H3,(H,19,22). The SMILES string of the molecule is CC1CC(C)CN(CCCNC(=O)c2cc(Cl)nc(Cl)c2)C1. The van der Waals surface area contributed by atoms with Crippen molar-refractivity contribution >= 4 is 29.1 Å². The second-order valence-corrected chi connectivity index (χ2v) is 7.09. The Bertz CT molecular complexity index is 494. The minimum Gasteiger partial charge on any atom is -0.352 e. The van der Waals surface area contributed by atoms with Crippen LogP contribution in [0, 0.1) is 11.8 Å². The number of rotatable bonds is 5. The highest BCUT2D eigenvalue weighted by Gasteiger charge is 2.21. The molecule has 0 aromatic carbocycles. The topological polar surface area (TPSA) is 45.2 Å². The Morgan fingerprint density at radius 1 is 1.27 bits per heavy atom. The molecule has 0 spiro atoms. The smallest absolute Gasteiger partial charge is 0.251 e. The van der Waals surface area contributed by atoms with Gasteiger partial charge in [0.15, 0.2) is 0 Å². The molecule has 1 aromatic heterocycles. The van der Waals surface area contributed by atoms with Crippen molar-refractivity contribution in [1.29, 1.82) is 0 Å². The highest BCUT2D eigenvalue weighted by molar-refractivity contribution is 6.33. The molecule has 0 saturated carbocycles. The van der Waals surface area contributed by atoms with Gasteiger partial charge in [-0.25, -0.2) is 4.98 Å². The summed E-state index contributed by atoms with van der Waals surface area (Å²) in [6, 6.07) is 3.05. The van der Waals surface area contributed by atoms with Gasteiger partial charge in [-0.15, -0.1) is 0 Å². The van der Waals surface area contributed by atoms with Gasteiger partial charge in [-0.05, 0) is 43.4 Å². The Balaban J connectivity index is 1.73. The van der Waals surface area contributed by atoms with Crippen molar-refractivity contribution in [2.24, 2.45) is 11.8 Å². The highest BCUT2D eigenvalue weighted by atomic mass is 35.5. The number of hydrogen-bond acceptors (Lipinski definition) is 3. The minimum absolute atomic E-state index is 0.161. The van der Waals surface area contributed by atoms with Gasteiger partial charge in [0, 0.05) is 25.2 Å². The predicted octanol–water partition coefficient (Wildman–Crippen LogP) is 3.49. The molecule has 4 nitrogen and oxygen atoms in total. The lowest BCUT2D eigenvalue weighted by Gasteiger charge is -2.34. The Morgan fingerprint density at radius 3 is 2.45 bits per heavy atom. The fourth-order valence-electron chi connectivity index (χ4n) is 3.18. The number of amides is 1. The molecule has 1 fully saturated rings. The lowest BCUT2D eigenvalue weighted by Crippen LogP contribution is -2.40. The van der Waals surface area contributed by atoms with E-state index >= 15 is 0 Å². The Kier molecular flexibility index (Phi) is 6.48. The van der Waals surface area contributed by atoms with Crippen LogP contribution in [0.15, 0.2) is 12.1 Å². The maximum Gasteiger partial charge on any atom is 0.251 e. The first-order valence-corrected chi connectivity index (χ1v) is 8.53. The molecule has 2 rings (SSSR count). The molecule has 2 atom stereocenters. The second kappa shape index (κ2) is 8.14. The predicted molar refractivity (Wildman–Crippen MR) is 90.6 cm³/mol. The molecule has 0 bridgehead atoms. The molecule has 1 aromatic rings. The Hall–Kier alpha value is -0.840. The Morgan fingerprint density at radius 2 is 1.86 bits per heavy atom. The van der Waals surface area contributed by atoms with Gasteiger partial charge in [0.25, 0.3) is 5.91 Å². The average Bonchev–Trinajstić information content (AvgIpc) is 2.41. The van der Waals surface area contributed by atoms with Crippen LogP contribution >= 0.6 is 23.2 Å². The molecule has 1 amide bonds. The van der Waals surface area contributed by atoms with E-state index in [1.54, 1.807) is 0 Å². The number of carbonyl (C=O) groups is 1. The number of piperidine rings is 1. The van der Waals surface area contributed by atoms with Gasteiger partial charge < -0.3 is 10.2 Å². The number of likely N-dealkylation sites (tertiary alicyclic amines) is 1. The summed E-state index contributed by atoms with van der Waals surface area (Å²) in [5, 5.41) is 3.37. The zero-order valence-corrected chi connectivity index (χ0v) is 14.6. The van der Waals surface area contributed by atoms with E-state index in [9.17, 15) is 4.79 Å². The largest absolute Gasteiger partial charge is 0.352 e. The number of nitrogens with zero attached hydrogens (tertiary/aromatic N) is 2. The van der Waals surface area contributed by atoms with E-state index in [0.29, 0.717) is 12.1 Å². The monoisotopic (exact) mass is 343 g/mol. The van der Waals surface area contributed by atoms with Crippen molar-refractivity contribution in [2.75, 3.05) is 26.2 Å². The van der Waals surface area contributed by atoms with Crippen molar-refractivity contribution in [3.8, 4) is 0 Å². The van der Waals surface area contributed by atoms with Crippen molar-refractivity contribution in [3.63, 3.8) is 0 Å². The van der Waals surface area contributed by atoms with E-state index in [4.69, 9.17) is 23.2 Å². The first-order valence-electron chi connectivity index (χ1n) is 7.77. The summed E-state index contributed by atoms with van der Waals surface area (Å²) < 4.78 is 0. The summed E-state index contributed by atoms with van der Waals surface area (Å²) in [6.07, 6.45) is 2.26. The molecule has 2 heterocycles. The molecule has 1 N–H and O–H groups in total. The van der Waals surface area contributed by atoms with Gasteiger partial charge in [0.1, 0.15) is 10.3 Å². The third-order valence-corrected chi connectivity index (χ3v) is 4.29. The molecule has 122 valence electrons. The lowest BCUT2D eigenvalue weighted by atomic mass is 9.92. The third-order valence-electron chi connectivity index (χ3n) is 3.91. The zero-order chi connectivity index (χ0) is 16.1. The van der Waals surface area contributed by atoms with E-state index < -0.39 is 0 Å². The van der Waals surface area contributed by atoms with Gasteiger partial charge in [-0.1, -0.05) is 37.0 Å². The summed E-state index contributed by atoms with van der Waals surface area (Å²) in [4.78, 5) is 18.4.